The molecule has 4 rings (SSSR count). The van der Waals surface area contributed by atoms with E-state index in [2.05, 4.69) is 24.3 Å². The molecule has 0 saturated carbocycles. The molecule has 0 saturated heterocycles. The van der Waals surface area contributed by atoms with Crippen LogP contribution in [0.4, 0.5) is 0 Å². The molecule has 0 atom stereocenters. The molecule has 0 radical (unpaired) electrons. The molecule has 4 aromatic rings. The number of benzene rings is 3. The van der Waals surface area contributed by atoms with Crippen molar-refractivity contribution in [2.75, 3.05) is 0 Å². The summed E-state index contributed by atoms with van der Waals surface area (Å²) >= 11 is 0. The van der Waals surface area contributed by atoms with E-state index in [0.29, 0.717) is 23.3 Å². The largest absolute Gasteiger partial charge is 0.489 e. The molecular formula is C24H18O4. The minimum atomic E-state index is -0.557. The lowest BCUT2D eigenvalue weighted by Crippen LogP contribution is -2.02. The highest BCUT2D eigenvalue weighted by Gasteiger charge is 2.06. The second-order valence-electron chi connectivity index (χ2n) is 6.59. The van der Waals surface area contributed by atoms with Crippen molar-refractivity contribution in [2.24, 2.45) is 0 Å². The van der Waals surface area contributed by atoms with Crippen molar-refractivity contribution >= 4 is 11.0 Å². The lowest BCUT2D eigenvalue weighted by molar-refractivity contribution is 0.306. The third kappa shape index (κ3) is 3.71. The zero-order valence-electron chi connectivity index (χ0n) is 15.3. The summed E-state index contributed by atoms with van der Waals surface area (Å²) in [6.07, 6.45) is 0. The molecule has 1 aromatic heterocycles. The number of fused-ring (bicyclic) bond motifs is 1. The standard InChI is InChI=1S/C24H18O4/c1-16-13-23(25)28-22-14-20(11-12-21(22)24(16)26)27-15-17-7-9-19(10-8-17)18-5-3-2-4-6-18/h2-14H,15H2,1H3. The zero-order chi connectivity index (χ0) is 19.5. The van der Waals surface area contributed by atoms with Crippen LogP contribution in [0.5, 0.6) is 5.75 Å². The second-order valence-corrected chi connectivity index (χ2v) is 6.59. The van der Waals surface area contributed by atoms with E-state index in [1.807, 2.05) is 30.3 Å². The highest BCUT2D eigenvalue weighted by molar-refractivity contribution is 5.77. The van der Waals surface area contributed by atoms with Gasteiger partial charge >= 0.3 is 5.63 Å². The number of ether oxygens (including phenoxy) is 1. The minimum Gasteiger partial charge on any atom is -0.489 e. The van der Waals surface area contributed by atoms with Gasteiger partial charge in [0.1, 0.15) is 17.9 Å². The van der Waals surface area contributed by atoms with E-state index in [1.165, 1.54) is 6.07 Å². The molecule has 0 unspecified atom stereocenters. The topological polar surface area (TPSA) is 56.5 Å². The maximum atomic E-state index is 12.3. The van der Waals surface area contributed by atoms with E-state index >= 15 is 0 Å². The first-order valence-corrected chi connectivity index (χ1v) is 8.96. The number of rotatable bonds is 4. The van der Waals surface area contributed by atoms with Crippen molar-refractivity contribution in [3.63, 3.8) is 0 Å². The maximum Gasteiger partial charge on any atom is 0.336 e. The Bertz CT molecular complexity index is 1240. The second kappa shape index (κ2) is 7.53. The fraction of sp³-hybridized carbons (Fsp3) is 0.0833. The molecule has 0 aliphatic carbocycles. The van der Waals surface area contributed by atoms with Crippen LogP contribution in [-0.2, 0) is 6.61 Å². The Hall–Kier alpha value is -3.66. The molecule has 0 fully saturated rings. The van der Waals surface area contributed by atoms with Gasteiger partial charge in [-0.2, -0.15) is 0 Å². The van der Waals surface area contributed by atoms with Gasteiger partial charge in [0.15, 0.2) is 5.43 Å². The SMILES string of the molecule is Cc1cc(=O)oc2cc(OCc3ccc(-c4ccccc4)cc3)ccc2c1=O. The van der Waals surface area contributed by atoms with E-state index in [-0.39, 0.29) is 11.0 Å². The first-order chi connectivity index (χ1) is 13.6. The van der Waals surface area contributed by atoms with Gasteiger partial charge < -0.3 is 9.15 Å². The summed E-state index contributed by atoms with van der Waals surface area (Å²) in [6, 6.07) is 24.4. The molecule has 138 valence electrons. The normalized spacial score (nSPS) is 10.8. The molecule has 4 heteroatoms. The molecule has 0 aliphatic rings. The predicted molar refractivity (Wildman–Crippen MR) is 110 cm³/mol. The summed E-state index contributed by atoms with van der Waals surface area (Å²) < 4.78 is 11.1. The van der Waals surface area contributed by atoms with Gasteiger partial charge in [-0.3, -0.25) is 4.79 Å². The van der Waals surface area contributed by atoms with Gasteiger partial charge in [-0.1, -0.05) is 54.6 Å². The van der Waals surface area contributed by atoms with Crippen LogP contribution in [0.3, 0.4) is 0 Å². The molecule has 0 spiro atoms. The fourth-order valence-electron chi connectivity index (χ4n) is 3.05. The molecular weight excluding hydrogens is 352 g/mol. The van der Waals surface area contributed by atoms with Crippen molar-refractivity contribution in [3.8, 4) is 16.9 Å². The predicted octanol–water partition coefficient (Wildman–Crippen LogP) is 4.71. The average molecular weight is 370 g/mol. The highest BCUT2D eigenvalue weighted by atomic mass is 16.5. The van der Waals surface area contributed by atoms with Gasteiger partial charge in [0, 0.05) is 17.7 Å². The van der Waals surface area contributed by atoms with E-state index in [0.717, 1.165) is 16.7 Å². The van der Waals surface area contributed by atoms with Gasteiger partial charge in [0.05, 0.1) is 5.39 Å². The Morgan fingerprint density at radius 3 is 2.29 bits per heavy atom. The van der Waals surface area contributed by atoms with Gasteiger partial charge in [0.2, 0.25) is 0 Å². The van der Waals surface area contributed by atoms with Gasteiger partial charge in [-0.25, -0.2) is 4.79 Å². The number of aryl methyl sites for hydroxylation is 1. The van der Waals surface area contributed by atoms with E-state index in [4.69, 9.17) is 9.15 Å². The zero-order valence-corrected chi connectivity index (χ0v) is 15.3. The number of hydrogen-bond acceptors (Lipinski definition) is 4. The maximum absolute atomic E-state index is 12.3. The van der Waals surface area contributed by atoms with Gasteiger partial charge in [0.25, 0.3) is 0 Å². The van der Waals surface area contributed by atoms with Crippen LogP contribution in [0.1, 0.15) is 11.1 Å². The van der Waals surface area contributed by atoms with Crippen molar-refractivity contribution in [2.45, 2.75) is 13.5 Å². The Kier molecular flexibility index (Phi) is 4.77. The van der Waals surface area contributed by atoms with Crippen LogP contribution in [-0.4, -0.2) is 0 Å². The lowest BCUT2D eigenvalue weighted by Gasteiger charge is -2.08. The molecule has 0 N–H and O–H groups in total. The van der Waals surface area contributed by atoms with Crippen LogP contribution < -0.4 is 15.8 Å². The molecule has 0 aliphatic heterocycles. The Labute approximate surface area is 161 Å². The highest BCUT2D eigenvalue weighted by Crippen LogP contribution is 2.21. The lowest BCUT2D eigenvalue weighted by atomic mass is 10.0. The van der Waals surface area contributed by atoms with Crippen LogP contribution in [0.2, 0.25) is 0 Å². The quantitative estimate of drug-likeness (QED) is 0.522. The summed E-state index contributed by atoms with van der Waals surface area (Å²) in [5, 5.41) is 0.360. The van der Waals surface area contributed by atoms with Gasteiger partial charge in [-0.05, 0) is 35.7 Å². The van der Waals surface area contributed by atoms with Gasteiger partial charge in [-0.15, -0.1) is 0 Å². The van der Waals surface area contributed by atoms with Crippen molar-refractivity contribution in [3.05, 3.63) is 111 Å². The molecule has 3 aromatic carbocycles. The Balaban J connectivity index is 1.55. The average Bonchev–Trinajstić information content (AvgIpc) is 2.82. The summed E-state index contributed by atoms with van der Waals surface area (Å²) in [5.41, 5.74) is 3.12. The summed E-state index contributed by atoms with van der Waals surface area (Å²) in [4.78, 5) is 24.0. The molecule has 0 amide bonds. The van der Waals surface area contributed by atoms with Crippen molar-refractivity contribution in [1.29, 1.82) is 0 Å². The van der Waals surface area contributed by atoms with E-state index < -0.39 is 5.63 Å². The van der Waals surface area contributed by atoms with Crippen LogP contribution >= 0.6 is 0 Å². The van der Waals surface area contributed by atoms with Crippen LogP contribution in [0.15, 0.2) is 92.9 Å². The Morgan fingerprint density at radius 1 is 0.821 bits per heavy atom. The summed E-state index contributed by atoms with van der Waals surface area (Å²) in [7, 11) is 0. The van der Waals surface area contributed by atoms with E-state index in [9.17, 15) is 9.59 Å². The minimum absolute atomic E-state index is 0.219. The molecule has 4 nitrogen and oxygen atoms in total. The number of hydrogen-bond donors (Lipinski definition) is 0. The molecule has 0 bridgehead atoms. The third-order valence-corrected chi connectivity index (χ3v) is 4.57. The summed E-state index contributed by atoms with van der Waals surface area (Å²) in [5.74, 6) is 0.533. The van der Waals surface area contributed by atoms with Crippen molar-refractivity contribution in [1.82, 2.24) is 0 Å². The van der Waals surface area contributed by atoms with Crippen LogP contribution in [0, 0.1) is 6.92 Å². The summed E-state index contributed by atoms with van der Waals surface area (Å²) in [6.45, 7) is 1.97. The molecule has 28 heavy (non-hydrogen) atoms. The van der Waals surface area contributed by atoms with E-state index in [1.54, 1.807) is 25.1 Å². The fourth-order valence-corrected chi connectivity index (χ4v) is 3.05. The monoisotopic (exact) mass is 370 g/mol. The molecule has 1 heterocycles. The third-order valence-electron chi connectivity index (χ3n) is 4.57. The smallest absolute Gasteiger partial charge is 0.336 e. The van der Waals surface area contributed by atoms with Crippen molar-refractivity contribution < 1.29 is 9.15 Å². The first kappa shape index (κ1) is 17.7. The Morgan fingerprint density at radius 2 is 1.54 bits per heavy atom. The first-order valence-electron chi connectivity index (χ1n) is 8.96. The van der Waals surface area contributed by atoms with Crippen LogP contribution in [0.25, 0.3) is 22.1 Å².